The molecular formula is C15H23BrN2O3S. The number of benzene rings is 1. The molecule has 0 saturated heterocycles. The van der Waals surface area contributed by atoms with E-state index in [-0.39, 0.29) is 18.9 Å². The Morgan fingerprint density at radius 3 is 2.45 bits per heavy atom. The van der Waals surface area contributed by atoms with Crippen molar-refractivity contribution in [3.63, 3.8) is 0 Å². The lowest BCUT2D eigenvalue weighted by molar-refractivity contribution is -0.116. The highest BCUT2D eigenvalue weighted by Crippen LogP contribution is 2.21. The standard InChI is InChI=1S/C15H23BrN2O3S/c1-12(2)8-10-18(22(3,20)21)11-9-15(19)17-14-7-5-4-6-13(14)16/h4-7,12H,8-11H2,1-3H3,(H,17,19). The SMILES string of the molecule is CC(C)CCN(CCC(=O)Nc1ccccc1Br)S(C)(=O)=O. The second-order valence-corrected chi connectivity index (χ2v) is 8.46. The molecule has 0 unspecified atom stereocenters. The summed E-state index contributed by atoms with van der Waals surface area (Å²) in [5, 5.41) is 2.77. The maximum absolute atomic E-state index is 12.0. The molecule has 0 aliphatic heterocycles. The fourth-order valence-electron chi connectivity index (χ4n) is 1.85. The van der Waals surface area contributed by atoms with Crippen LogP contribution in [-0.4, -0.2) is 38.0 Å². The van der Waals surface area contributed by atoms with Crippen LogP contribution in [0.3, 0.4) is 0 Å². The van der Waals surface area contributed by atoms with Gasteiger partial charge in [-0.25, -0.2) is 12.7 Å². The predicted octanol–water partition coefficient (Wildman–Crippen LogP) is 3.09. The first-order valence-corrected chi connectivity index (χ1v) is 9.83. The van der Waals surface area contributed by atoms with Crippen molar-refractivity contribution in [3.8, 4) is 0 Å². The first kappa shape index (κ1) is 19.1. The monoisotopic (exact) mass is 390 g/mol. The van der Waals surface area contributed by atoms with E-state index in [1.165, 1.54) is 10.6 Å². The van der Waals surface area contributed by atoms with Gasteiger partial charge in [0.15, 0.2) is 0 Å². The average Bonchev–Trinajstić information content (AvgIpc) is 2.39. The molecule has 0 heterocycles. The number of sulfonamides is 1. The molecule has 22 heavy (non-hydrogen) atoms. The van der Waals surface area contributed by atoms with Crippen molar-refractivity contribution in [2.24, 2.45) is 5.92 Å². The van der Waals surface area contributed by atoms with Crippen molar-refractivity contribution < 1.29 is 13.2 Å². The number of hydrogen-bond acceptors (Lipinski definition) is 3. The molecule has 0 atom stereocenters. The molecule has 1 rings (SSSR count). The van der Waals surface area contributed by atoms with Gasteiger partial charge in [0.25, 0.3) is 0 Å². The minimum Gasteiger partial charge on any atom is -0.325 e. The van der Waals surface area contributed by atoms with Gasteiger partial charge in [0.2, 0.25) is 15.9 Å². The number of amides is 1. The van der Waals surface area contributed by atoms with Gasteiger partial charge in [0.05, 0.1) is 11.9 Å². The highest BCUT2D eigenvalue weighted by Gasteiger charge is 2.18. The third-order valence-electron chi connectivity index (χ3n) is 3.16. The van der Waals surface area contributed by atoms with E-state index < -0.39 is 10.0 Å². The Balaban J connectivity index is 2.57. The predicted molar refractivity (Wildman–Crippen MR) is 93.3 cm³/mol. The topological polar surface area (TPSA) is 66.5 Å². The van der Waals surface area contributed by atoms with Gasteiger partial charge >= 0.3 is 0 Å². The zero-order valence-electron chi connectivity index (χ0n) is 13.2. The van der Waals surface area contributed by atoms with Gasteiger partial charge in [-0.15, -0.1) is 0 Å². The highest BCUT2D eigenvalue weighted by atomic mass is 79.9. The van der Waals surface area contributed by atoms with Crippen LogP contribution in [0, 0.1) is 5.92 Å². The van der Waals surface area contributed by atoms with E-state index in [0.29, 0.717) is 18.2 Å². The maximum atomic E-state index is 12.0. The molecule has 0 aromatic heterocycles. The van der Waals surface area contributed by atoms with Crippen molar-refractivity contribution in [1.29, 1.82) is 0 Å². The van der Waals surface area contributed by atoms with Crippen LogP contribution >= 0.6 is 15.9 Å². The summed E-state index contributed by atoms with van der Waals surface area (Å²) >= 11 is 3.36. The van der Waals surface area contributed by atoms with E-state index in [4.69, 9.17) is 0 Å². The number of nitrogens with zero attached hydrogens (tertiary/aromatic N) is 1. The van der Waals surface area contributed by atoms with Crippen molar-refractivity contribution in [2.75, 3.05) is 24.7 Å². The Bertz CT molecular complexity index is 603. The van der Waals surface area contributed by atoms with E-state index >= 15 is 0 Å². The fourth-order valence-corrected chi connectivity index (χ4v) is 3.09. The molecule has 7 heteroatoms. The molecule has 0 radical (unpaired) electrons. The first-order chi connectivity index (χ1) is 10.2. The van der Waals surface area contributed by atoms with E-state index in [1.54, 1.807) is 6.07 Å². The van der Waals surface area contributed by atoms with Crippen LogP contribution < -0.4 is 5.32 Å². The molecule has 1 aromatic carbocycles. The molecule has 1 amide bonds. The summed E-state index contributed by atoms with van der Waals surface area (Å²) in [7, 11) is -3.29. The number of halogens is 1. The highest BCUT2D eigenvalue weighted by molar-refractivity contribution is 9.10. The maximum Gasteiger partial charge on any atom is 0.225 e. The lowest BCUT2D eigenvalue weighted by Crippen LogP contribution is -2.34. The first-order valence-electron chi connectivity index (χ1n) is 7.19. The molecule has 0 aliphatic rings. The average molecular weight is 391 g/mol. The normalized spacial score (nSPS) is 11.9. The lowest BCUT2D eigenvalue weighted by Gasteiger charge is -2.20. The molecule has 1 aromatic rings. The molecule has 0 aliphatic carbocycles. The van der Waals surface area contributed by atoms with E-state index in [9.17, 15) is 13.2 Å². The quantitative estimate of drug-likeness (QED) is 0.741. The van der Waals surface area contributed by atoms with Crippen molar-refractivity contribution in [2.45, 2.75) is 26.7 Å². The minimum atomic E-state index is -3.29. The van der Waals surface area contributed by atoms with Crippen molar-refractivity contribution in [1.82, 2.24) is 4.31 Å². The summed E-state index contributed by atoms with van der Waals surface area (Å²) in [6, 6.07) is 7.30. The minimum absolute atomic E-state index is 0.131. The summed E-state index contributed by atoms with van der Waals surface area (Å²) in [6.45, 7) is 4.72. The molecule has 1 N–H and O–H groups in total. The van der Waals surface area contributed by atoms with Gasteiger partial charge in [-0.2, -0.15) is 0 Å². The summed E-state index contributed by atoms with van der Waals surface area (Å²) < 4.78 is 25.7. The number of carbonyl (C=O) groups excluding carboxylic acids is 1. The van der Waals surface area contributed by atoms with Crippen LogP contribution in [0.5, 0.6) is 0 Å². The number of hydrogen-bond donors (Lipinski definition) is 1. The van der Waals surface area contributed by atoms with Crippen LogP contribution in [0.25, 0.3) is 0 Å². The molecule has 0 fully saturated rings. The van der Waals surface area contributed by atoms with Crippen LogP contribution in [0.15, 0.2) is 28.7 Å². The Labute approximate surface area is 141 Å². The van der Waals surface area contributed by atoms with Crippen molar-refractivity contribution in [3.05, 3.63) is 28.7 Å². The van der Waals surface area contributed by atoms with Crippen LogP contribution in [0.1, 0.15) is 26.7 Å². The number of nitrogens with one attached hydrogen (secondary N) is 1. The third-order valence-corrected chi connectivity index (χ3v) is 5.16. The molecule has 0 spiro atoms. The number of para-hydroxylation sites is 1. The van der Waals surface area contributed by atoms with Gasteiger partial charge < -0.3 is 5.32 Å². The number of carbonyl (C=O) groups is 1. The fraction of sp³-hybridized carbons (Fsp3) is 0.533. The van der Waals surface area contributed by atoms with Crippen molar-refractivity contribution >= 4 is 37.5 Å². The Hall–Kier alpha value is -0.920. The van der Waals surface area contributed by atoms with Crippen LogP contribution in [0.2, 0.25) is 0 Å². The lowest BCUT2D eigenvalue weighted by atomic mass is 10.1. The van der Waals surface area contributed by atoms with E-state index in [1.807, 2.05) is 32.0 Å². The Morgan fingerprint density at radius 2 is 1.91 bits per heavy atom. The summed E-state index contributed by atoms with van der Waals surface area (Å²) in [5.41, 5.74) is 0.681. The number of anilines is 1. The molecule has 0 bridgehead atoms. The Morgan fingerprint density at radius 1 is 1.27 bits per heavy atom. The smallest absolute Gasteiger partial charge is 0.225 e. The second-order valence-electron chi connectivity index (χ2n) is 5.62. The zero-order chi connectivity index (χ0) is 16.8. The summed E-state index contributed by atoms with van der Waals surface area (Å²) in [5.74, 6) is 0.212. The molecule has 0 saturated carbocycles. The van der Waals surface area contributed by atoms with E-state index in [2.05, 4.69) is 21.2 Å². The third kappa shape index (κ3) is 6.89. The Kier molecular flexibility index (Phi) is 7.52. The summed E-state index contributed by atoms with van der Waals surface area (Å²) in [6.07, 6.45) is 2.09. The van der Waals surface area contributed by atoms with Gasteiger partial charge in [-0.1, -0.05) is 26.0 Å². The largest absolute Gasteiger partial charge is 0.325 e. The van der Waals surface area contributed by atoms with Crippen LogP contribution in [0.4, 0.5) is 5.69 Å². The van der Waals surface area contributed by atoms with Gasteiger partial charge in [0.1, 0.15) is 0 Å². The molecule has 124 valence electrons. The summed E-state index contributed by atoms with van der Waals surface area (Å²) in [4.78, 5) is 12.0. The van der Waals surface area contributed by atoms with E-state index in [0.717, 1.165) is 10.9 Å². The van der Waals surface area contributed by atoms with Gasteiger partial charge in [0, 0.05) is 24.0 Å². The molecular weight excluding hydrogens is 368 g/mol. The van der Waals surface area contributed by atoms with Gasteiger partial charge in [-0.3, -0.25) is 4.79 Å². The number of rotatable bonds is 8. The van der Waals surface area contributed by atoms with Crippen LogP contribution in [-0.2, 0) is 14.8 Å². The second kappa shape index (κ2) is 8.64. The molecule has 5 nitrogen and oxygen atoms in total. The van der Waals surface area contributed by atoms with Gasteiger partial charge in [-0.05, 0) is 40.4 Å². The zero-order valence-corrected chi connectivity index (χ0v) is 15.6.